The molecule has 2 aliphatic rings. The maximum atomic E-state index is 4.58. The molecule has 2 saturated carbocycles. The second-order valence-corrected chi connectivity index (χ2v) is 8.07. The first-order valence-corrected chi connectivity index (χ1v) is 9.37. The Morgan fingerprint density at radius 3 is 2.70 bits per heavy atom. The van der Waals surface area contributed by atoms with Crippen LogP contribution in [-0.4, -0.2) is 24.0 Å². The van der Waals surface area contributed by atoms with E-state index in [1.165, 1.54) is 43.4 Å². The minimum atomic E-state index is 0. The summed E-state index contributed by atoms with van der Waals surface area (Å²) in [4.78, 5) is 10.3. The molecule has 23 heavy (non-hydrogen) atoms. The Hall–Kier alpha value is -0.370. The lowest BCUT2D eigenvalue weighted by atomic mass is 9.79. The number of fused-ring (bicyclic) bond motifs is 1. The van der Waals surface area contributed by atoms with Crippen molar-refractivity contribution in [3.63, 3.8) is 0 Å². The van der Waals surface area contributed by atoms with Crippen molar-refractivity contribution in [1.29, 1.82) is 0 Å². The molecule has 0 bridgehead atoms. The first-order chi connectivity index (χ1) is 10.7. The van der Waals surface area contributed by atoms with Gasteiger partial charge in [-0.05, 0) is 44.9 Å². The van der Waals surface area contributed by atoms with Gasteiger partial charge in [-0.2, -0.15) is 0 Å². The van der Waals surface area contributed by atoms with Crippen molar-refractivity contribution >= 4 is 41.3 Å². The van der Waals surface area contributed by atoms with E-state index in [2.05, 4.69) is 34.5 Å². The highest BCUT2D eigenvalue weighted by atomic mass is 127. The summed E-state index contributed by atoms with van der Waals surface area (Å²) in [6.07, 6.45) is 8.35. The van der Waals surface area contributed by atoms with Crippen LogP contribution in [-0.2, 0) is 6.54 Å². The number of aryl methyl sites for hydroxylation is 2. The molecule has 6 heteroatoms. The number of halogens is 1. The molecule has 0 aromatic carbocycles. The third-order valence-electron chi connectivity index (χ3n) is 5.33. The zero-order valence-electron chi connectivity index (χ0n) is 14.4. The van der Waals surface area contributed by atoms with Crippen LogP contribution in [0.1, 0.15) is 54.1 Å². The highest BCUT2D eigenvalue weighted by Crippen LogP contribution is 2.41. The Morgan fingerprint density at radius 2 is 2.00 bits per heavy atom. The molecule has 3 rings (SSSR count). The van der Waals surface area contributed by atoms with Crippen LogP contribution in [0.25, 0.3) is 0 Å². The Labute approximate surface area is 161 Å². The second kappa shape index (κ2) is 8.65. The zero-order chi connectivity index (χ0) is 15.5. The van der Waals surface area contributed by atoms with Crippen molar-refractivity contribution in [2.24, 2.45) is 16.8 Å². The Kier molecular flexibility index (Phi) is 7.13. The smallest absolute Gasteiger partial charge is 0.191 e. The van der Waals surface area contributed by atoms with Crippen LogP contribution in [0.15, 0.2) is 4.99 Å². The van der Waals surface area contributed by atoms with E-state index in [9.17, 15) is 0 Å². The van der Waals surface area contributed by atoms with E-state index < -0.39 is 0 Å². The zero-order valence-corrected chi connectivity index (χ0v) is 17.5. The van der Waals surface area contributed by atoms with Crippen molar-refractivity contribution < 1.29 is 0 Å². The molecule has 0 radical (unpaired) electrons. The predicted octanol–water partition coefficient (Wildman–Crippen LogP) is 4.01. The van der Waals surface area contributed by atoms with Gasteiger partial charge in [0.1, 0.15) is 5.01 Å². The molecule has 2 aliphatic carbocycles. The summed E-state index contributed by atoms with van der Waals surface area (Å²) in [7, 11) is 1.86. The van der Waals surface area contributed by atoms with Gasteiger partial charge in [0, 0.05) is 18.0 Å². The molecule has 3 unspecified atom stereocenters. The monoisotopic (exact) mass is 448 g/mol. The maximum Gasteiger partial charge on any atom is 0.191 e. The van der Waals surface area contributed by atoms with E-state index >= 15 is 0 Å². The summed E-state index contributed by atoms with van der Waals surface area (Å²) < 4.78 is 0. The first kappa shape index (κ1) is 19.0. The van der Waals surface area contributed by atoms with Crippen molar-refractivity contribution in [1.82, 2.24) is 15.6 Å². The molecule has 0 amide bonds. The summed E-state index contributed by atoms with van der Waals surface area (Å²) in [6.45, 7) is 4.96. The summed E-state index contributed by atoms with van der Waals surface area (Å²) in [5.74, 6) is 2.88. The largest absolute Gasteiger partial charge is 0.354 e. The lowest BCUT2D eigenvalue weighted by molar-refractivity contribution is 0.239. The predicted molar refractivity (Wildman–Crippen MR) is 109 cm³/mol. The van der Waals surface area contributed by atoms with Gasteiger partial charge < -0.3 is 10.6 Å². The maximum absolute atomic E-state index is 4.58. The SMILES string of the molecule is CN=C(NCc1nc(C)c(C)s1)NC1CCC2CCCC2C1.I. The molecule has 2 N–H and O–H groups in total. The van der Waals surface area contributed by atoms with E-state index in [-0.39, 0.29) is 24.0 Å². The van der Waals surface area contributed by atoms with Crippen molar-refractivity contribution in [2.45, 2.75) is 65.0 Å². The minimum absolute atomic E-state index is 0. The van der Waals surface area contributed by atoms with E-state index in [1.54, 1.807) is 11.3 Å². The normalized spacial score (nSPS) is 27.3. The Balaban J connectivity index is 0.00000192. The average molecular weight is 448 g/mol. The lowest BCUT2D eigenvalue weighted by Gasteiger charge is -2.33. The summed E-state index contributed by atoms with van der Waals surface area (Å²) in [6, 6.07) is 0.588. The minimum Gasteiger partial charge on any atom is -0.354 e. The van der Waals surface area contributed by atoms with E-state index in [4.69, 9.17) is 0 Å². The number of rotatable bonds is 3. The van der Waals surface area contributed by atoms with Crippen LogP contribution in [0.3, 0.4) is 0 Å². The quantitative estimate of drug-likeness (QED) is 0.418. The van der Waals surface area contributed by atoms with E-state index in [0.717, 1.165) is 35.0 Å². The van der Waals surface area contributed by atoms with Crippen LogP contribution < -0.4 is 10.6 Å². The molecule has 4 nitrogen and oxygen atoms in total. The van der Waals surface area contributed by atoms with Gasteiger partial charge in [0.25, 0.3) is 0 Å². The van der Waals surface area contributed by atoms with Crippen molar-refractivity contribution in [2.75, 3.05) is 7.05 Å². The molecule has 2 fully saturated rings. The van der Waals surface area contributed by atoms with Gasteiger partial charge in [-0.25, -0.2) is 4.98 Å². The van der Waals surface area contributed by atoms with Gasteiger partial charge in [0.2, 0.25) is 0 Å². The van der Waals surface area contributed by atoms with Crippen LogP contribution in [0.2, 0.25) is 0 Å². The molecule has 3 atom stereocenters. The first-order valence-electron chi connectivity index (χ1n) is 8.55. The molecule has 130 valence electrons. The summed E-state index contributed by atoms with van der Waals surface area (Å²) in [5, 5.41) is 8.18. The molecule has 0 spiro atoms. The van der Waals surface area contributed by atoms with E-state index in [1.807, 2.05) is 7.05 Å². The average Bonchev–Trinajstić information content (AvgIpc) is 3.10. The number of aliphatic imine (C=N–C) groups is 1. The molecule has 0 aliphatic heterocycles. The highest BCUT2D eigenvalue weighted by Gasteiger charge is 2.33. The van der Waals surface area contributed by atoms with E-state index in [0.29, 0.717) is 6.04 Å². The fourth-order valence-electron chi connectivity index (χ4n) is 4.00. The number of nitrogens with one attached hydrogen (secondary N) is 2. The van der Waals surface area contributed by atoms with Gasteiger partial charge in [-0.1, -0.05) is 19.3 Å². The fraction of sp³-hybridized carbons (Fsp3) is 0.765. The number of aromatic nitrogens is 1. The Morgan fingerprint density at radius 1 is 1.22 bits per heavy atom. The second-order valence-electron chi connectivity index (χ2n) is 6.78. The van der Waals surface area contributed by atoms with Crippen LogP contribution in [0, 0.1) is 25.7 Å². The summed E-state index contributed by atoms with van der Waals surface area (Å²) in [5.41, 5.74) is 1.14. The van der Waals surface area contributed by atoms with Gasteiger partial charge in [-0.3, -0.25) is 4.99 Å². The topological polar surface area (TPSA) is 49.3 Å². The Bertz CT molecular complexity index is 523. The molecular weight excluding hydrogens is 419 g/mol. The molecule has 1 aromatic heterocycles. The molecule has 1 aromatic rings. The van der Waals surface area contributed by atoms with Crippen LogP contribution in [0.5, 0.6) is 0 Å². The fourth-order valence-corrected chi connectivity index (χ4v) is 4.87. The summed E-state index contributed by atoms with van der Waals surface area (Å²) >= 11 is 1.77. The molecule has 1 heterocycles. The number of nitrogens with zero attached hydrogens (tertiary/aromatic N) is 2. The molecular formula is C17H29IN4S. The van der Waals surface area contributed by atoms with Gasteiger partial charge in [-0.15, -0.1) is 35.3 Å². The third-order valence-corrected chi connectivity index (χ3v) is 6.41. The standard InChI is InChI=1S/C17H28N4S.HI/c1-11-12(2)22-16(20-11)10-19-17(18-3)21-15-8-7-13-5-4-6-14(13)9-15;/h13-15H,4-10H2,1-3H3,(H2,18,19,21);1H. The van der Waals surface area contributed by atoms with Crippen molar-refractivity contribution in [3.05, 3.63) is 15.6 Å². The number of hydrogen-bond donors (Lipinski definition) is 2. The molecule has 0 saturated heterocycles. The lowest BCUT2D eigenvalue weighted by Crippen LogP contribution is -2.45. The number of hydrogen-bond acceptors (Lipinski definition) is 3. The van der Waals surface area contributed by atoms with Crippen molar-refractivity contribution in [3.8, 4) is 0 Å². The third kappa shape index (κ3) is 4.81. The van der Waals surface area contributed by atoms with Crippen LogP contribution in [0.4, 0.5) is 0 Å². The number of thiazole rings is 1. The number of guanidine groups is 1. The van der Waals surface area contributed by atoms with Crippen LogP contribution >= 0.6 is 35.3 Å². The van der Waals surface area contributed by atoms with Gasteiger partial charge in [0.05, 0.1) is 12.2 Å². The van der Waals surface area contributed by atoms with Gasteiger partial charge in [0.15, 0.2) is 5.96 Å². The van der Waals surface area contributed by atoms with Gasteiger partial charge >= 0.3 is 0 Å². The highest BCUT2D eigenvalue weighted by molar-refractivity contribution is 14.0.